The first-order chi connectivity index (χ1) is 20.4. The summed E-state index contributed by atoms with van der Waals surface area (Å²) < 4.78 is 4.95. The number of benzene rings is 1. The van der Waals surface area contributed by atoms with Gasteiger partial charge >= 0.3 is 12.0 Å². The molecule has 1 fully saturated rings. The van der Waals surface area contributed by atoms with E-state index in [2.05, 4.69) is 21.3 Å². The SMILES string of the molecule is CC(=O)OCc1ccc(NC(=O)[C@H](CCCNC(N)=O)NC(=O)[C@H](C)NC(=O)CCCCCN2C(=O)CC(C)C2=O)cc1. The van der Waals surface area contributed by atoms with Crippen molar-refractivity contribution in [2.75, 3.05) is 18.4 Å². The van der Waals surface area contributed by atoms with E-state index < -0.39 is 35.9 Å². The van der Waals surface area contributed by atoms with Crippen LogP contribution in [0.1, 0.15) is 71.3 Å². The lowest BCUT2D eigenvalue weighted by molar-refractivity contribution is -0.142. The molecule has 2 rings (SSSR count). The van der Waals surface area contributed by atoms with Gasteiger partial charge in [0.1, 0.15) is 18.7 Å². The number of unbranched alkanes of at least 4 members (excludes halogenated alkanes) is 2. The number of hydrogen-bond acceptors (Lipinski definition) is 8. The summed E-state index contributed by atoms with van der Waals surface area (Å²) in [6.45, 7) is 5.17. The number of rotatable bonds is 17. The van der Waals surface area contributed by atoms with Crippen LogP contribution in [0.15, 0.2) is 24.3 Å². The minimum Gasteiger partial charge on any atom is -0.461 e. The van der Waals surface area contributed by atoms with Crippen molar-refractivity contribution < 1.29 is 38.3 Å². The number of imide groups is 1. The highest BCUT2D eigenvalue weighted by atomic mass is 16.5. The van der Waals surface area contributed by atoms with E-state index in [0.29, 0.717) is 37.9 Å². The topological polar surface area (TPSA) is 206 Å². The van der Waals surface area contributed by atoms with E-state index in [1.807, 2.05) is 0 Å². The predicted molar refractivity (Wildman–Crippen MR) is 156 cm³/mol. The molecule has 1 saturated heterocycles. The Balaban J connectivity index is 1.84. The van der Waals surface area contributed by atoms with E-state index in [1.165, 1.54) is 18.7 Å². The molecule has 0 aliphatic carbocycles. The number of hydrogen-bond donors (Lipinski definition) is 5. The fourth-order valence-corrected chi connectivity index (χ4v) is 4.38. The fraction of sp³-hybridized carbons (Fsp3) is 0.552. The molecule has 1 aromatic carbocycles. The minimum atomic E-state index is -0.971. The number of nitrogens with zero attached hydrogens (tertiary/aromatic N) is 1. The van der Waals surface area contributed by atoms with E-state index in [1.54, 1.807) is 31.2 Å². The standard InChI is InChI=1S/C29H42N6O8/c1-18-16-25(38)35(28(18)41)15-6-4-5-9-24(37)32-19(2)26(39)34-23(8-7-14-31-29(30)42)27(40)33-22-12-10-21(11-13-22)17-43-20(3)36/h10-13,18-19,23H,4-9,14-17H2,1-3H3,(H,32,37)(H,33,40)(H,34,39)(H3,30,31,42)/t18?,19-,23-/m0/s1. The maximum absolute atomic E-state index is 13.0. The molecule has 1 heterocycles. The average molecular weight is 603 g/mol. The molecule has 1 aliphatic rings. The second-order valence-corrected chi connectivity index (χ2v) is 10.5. The Morgan fingerprint density at radius 2 is 1.70 bits per heavy atom. The van der Waals surface area contributed by atoms with Crippen LogP contribution < -0.4 is 27.0 Å². The van der Waals surface area contributed by atoms with Gasteiger partial charge in [0.05, 0.1) is 0 Å². The van der Waals surface area contributed by atoms with Gasteiger partial charge in [-0.05, 0) is 50.3 Å². The van der Waals surface area contributed by atoms with Crippen LogP contribution in [0.3, 0.4) is 0 Å². The van der Waals surface area contributed by atoms with Crippen molar-refractivity contribution in [1.29, 1.82) is 0 Å². The van der Waals surface area contributed by atoms with Gasteiger partial charge in [0.2, 0.25) is 29.5 Å². The Morgan fingerprint density at radius 1 is 1.00 bits per heavy atom. The van der Waals surface area contributed by atoms with E-state index in [0.717, 1.165) is 5.56 Å². The first-order valence-corrected chi connectivity index (χ1v) is 14.4. The summed E-state index contributed by atoms with van der Waals surface area (Å²) in [4.78, 5) is 85.4. The molecule has 236 valence electrons. The second-order valence-electron chi connectivity index (χ2n) is 10.5. The first kappa shape index (κ1) is 34.7. The van der Waals surface area contributed by atoms with Crippen molar-refractivity contribution in [3.63, 3.8) is 0 Å². The van der Waals surface area contributed by atoms with Crippen molar-refractivity contribution in [2.24, 2.45) is 11.7 Å². The lowest BCUT2D eigenvalue weighted by Crippen LogP contribution is -2.51. The van der Waals surface area contributed by atoms with Crippen molar-refractivity contribution in [1.82, 2.24) is 20.9 Å². The summed E-state index contributed by atoms with van der Waals surface area (Å²) in [6, 6.07) is 4.04. The predicted octanol–water partition coefficient (Wildman–Crippen LogP) is 1.08. The quantitative estimate of drug-likeness (QED) is 0.0988. The van der Waals surface area contributed by atoms with Crippen LogP contribution in [0.4, 0.5) is 10.5 Å². The second kappa shape index (κ2) is 17.5. The molecular formula is C29H42N6O8. The van der Waals surface area contributed by atoms with Crippen LogP contribution in [0, 0.1) is 5.92 Å². The molecule has 7 amide bonds. The number of anilines is 1. The number of nitrogens with one attached hydrogen (secondary N) is 4. The molecular weight excluding hydrogens is 560 g/mol. The summed E-state index contributed by atoms with van der Waals surface area (Å²) in [5.41, 5.74) is 6.28. The lowest BCUT2D eigenvalue weighted by Gasteiger charge is -2.21. The first-order valence-electron chi connectivity index (χ1n) is 14.4. The summed E-state index contributed by atoms with van der Waals surface area (Å²) in [6.07, 6.45) is 2.66. The number of primary amides is 1. The minimum absolute atomic E-state index is 0.0959. The smallest absolute Gasteiger partial charge is 0.312 e. The van der Waals surface area contributed by atoms with Gasteiger partial charge in [-0.15, -0.1) is 0 Å². The molecule has 0 aromatic heterocycles. The van der Waals surface area contributed by atoms with Crippen LogP contribution in [-0.4, -0.2) is 71.6 Å². The molecule has 0 saturated carbocycles. The number of carbonyl (C=O) groups is 7. The average Bonchev–Trinajstić information content (AvgIpc) is 3.19. The molecule has 1 unspecified atom stereocenters. The Kier molecular flexibility index (Phi) is 14.1. The van der Waals surface area contributed by atoms with Crippen LogP contribution in [0.5, 0.6) is 0 Å². The number of urea groups is 1. The number of ether oxygens (including phenoxy) is 1. The van der Waals surface area contributed by atoms with Gasteiger partial charge in [-0.1, -0.05) is 25.5 Å². The lowest BCUT2D eigenvalue weighted by atomic mass is 10.1. The maximum atomic E-state index is 13.0. The van der Waals surface area contributed by atoms with Gasteiger partial charge in [0.25, 0.3) is 0 Å². The van der Waals surface area contributed by atoms with Crippen molar-refractivity contribution in [2.45, 2.75) is 84.4 Å². The zero-order valence-electron chi connectivity index (χ0n) is 24.9. The van der Waals surface area contributed by atoms with Crippen molar-refractivity contribution in [3.8, 4) is 0 Å². The van der Waals surface area contributed by atoms with E-state index in [9.17, 15) is 33.6 Å². The molecule has 14 nitrogen and oxygen atoms in total. The summed E-state index contributed by atoms with van der Waals surface area (Å²) >= 11 is 0. The number of likely N-dealkylation sites (tertiary alicyclic amines) is 1. The van der Waals surface area contributed by atoms with Gasteiger partial charge in [-0.25, -0.2) is 4.79 Å². The number of esters is 1. The number of nitrogens with two attached hydrogens (primary N) is 1. The third kappa shape index (κ3) is 12.5. The Bertz CT molecular complexity index is 1170. The Hall–Kier alpha value is -4.49. The highest BCUT2D eigenvalue weighted by Gasteiger charge is 2.34. The molecule has 14 heteroatoms. The zero-order chi connectivity index (χ0) is 31.9. The molecule has 0 radical (unpaired) electrons. The monoisotopic (exact) mass is 602 g/mol. The largest absolute Gasteiger partial charge is 0.461 e. The normalized spacial score (nSPS) is 15.8. The highest BCUT2D eigenvalue weighted by molar-refractivity contribution is 6.03. The number of amides is 7. The van der Waals surface area contributed by atoms with E-state index in [4.69, 9.17) is 10.5 Å². The zero-order valence-corrected chi connectivity index (χ0v) is 24.9. The molecule has 1 aliphatic heterocycles. The highest BCUT2D eigenvalue weighted by Crippen LogP contribution is 2.19. The fourth-order valence-electron chi connectivity index (χ4n) is 4.38. The summed E-state index contributed by atoms with van der Waals surface area (Å²) in [7, 11) is 0. The van der Waals surface area contributed by atoms with Crippen LogP contribution in [-0.2, 0) is 40.1 Å². The molecule has 1 aromatic rings. The summed E-state index contributed by atoms with van der Waals surface area (Å²) in [5, 5.41) is 10.4. The number of carbonyl (C=O) groups excluding carboxylic acids is 7. The Labute approximate surface area is 250 Å². The molecule has 43 heavy (non-hydrogen) atoms. The maximum Gasteiger partial charge on any atom is 0.312 e. The van der Waals surface area contributed by atoms with Crippen LogP contribution >= 0.6 is 0 Å². The van der Waals surface area contributed by atoms with E-state index in [-0.39, 0.29) is 56.1 Å². The van der Waals surface area contributed by atoms with Gasteiger partial charge in [-0.3, -0.25) is 33.7 Å². The van der Waals surface area contributed by atoms with Crippen molar-refractivity contribution in [3.05, 3.63) is 29.8 Å². The molecule has 0 spiro atoms. The van der Waals surface area contributed by atoms with Gasteiger partial charge in [0, 0.05) is 44.5 Å². The van der Waals surface area contributed by atoms with Gasteiger partial charge in [-0.2, -0.15) is 0 Å². The molecule has 0 bridgehead atoms. The van der Waals surface area contributed by atoms with Gasteiger partial charge < -0.3 is 31.7 Å². The van der Waals surface area contributed by atoms with E-state index >= 15 is 0 Å². The molecule has 6 N–H and O–H groups in total. The summed E-state index contributed by atoms with van der Waals surface area (Å²) in [5.74, 6) is -2.42. The van der Waals surface area contributed by atoms with Crippen molar-refractivity contribution >= 4 is 47.2 Å². The van der Waals surface area contributed by atoms with Crippen LogP contribution in [0.2, 0.25) is 0 Å². The third-order valence-electron chi connectivity index (χ3n) is 6.79. The Morgan fingerprint density at radius 3 is 2.30 bits per heavy atom. The third-order valence-corrected chi connectivity index (χ3v) is 6.79. The van der Waals surface area contributed by atoms with Gasteiger partial charge in [0.15, 0.2) is 0 Å². The van der Waals surface area contributed by atoms with Crippen LogP contribution in [0.25, 0.3) is 0 Å². The molecule has 3 atom stereocenters.